The number of aromatic nitrogens is 1. The van der Waals surface area contributed by atoms with Crippen molar-refractivity contribution in [2.45, 2.75) is 0 Å². The van der Waals surface area contributed by atoms with Gasteiger partial charge in [0.15, 0.2) is 0 Å². The SMILES string of the molecule is c1ccc(N(c2ccc3[se]c4ccccc4c3c2)c2ccc3c4ccccc4n(-c4ccccc4)c3c2)cc1. The summed E-state index contributed by atoms with van der Waals surface area (Å²) in [6, 6.07) is 52.9. The van der Waals surface area contributed by atoms with E-state index < -0.39 is 0 Å². The fraction of sp³-hybridized carbons (Fsp3) is 0. The van der Waals surface area contributed by atoms with Crippen LogP contribution in [0.3, 0.4) is 0 Å². The summed E-state index contributed by atoms with van der Waals surface area (Å²) >= 11 is 0.359. The number of hydrogen-bond acceptors (Lipinski definition) is 1. The Bertz CT molecular complexity index is 2120. The van der Waals surface area contributed by atoms with Crippen LogP contribution in [0, 0.1) is 0 Å². The molecule has 39 heavy (non-hydrogen) atoms. The van der Waals surface area contributed by atoms with Gasteiger partial charge in [-0.1, -0.05) is 6.07 Å². The first kappa shape index (κ1) is 22.4. The van der Waals surface area contributed by atoms with E-state index in [0.29, 0.717) is 14.5 Å². The zero-order chi connectivity index (χ0) is 25.8. The molecular weight excluding hydrogens is 539 g/mol. The van der Waals surface area contributed by atoms with Gasteiger partial charge in [-0.2, -0.15) is 0 Å². The van der Waals surface area contributed by atoms with Gasteiger partial charge in [-0.25, -0.2) is 0 Å². The molecule has 0 fully saturated rings. The van der Waals surface area contributed by atoms with E-state index in [9.17, 15) is 0 Å². The van der Waals surface area contributed by atoms with Gasteiger partial charge in [0.1, 0.15) is 0 Å². The minimum absolute atomic E-state index is 0.359. The predicted molar refractivity (Wildman–Crippen MR) is 167 cm³/mol. The molecule has 0 bridgehead atoms. The number of anilines is 3. The fourth-order valence-corrected chi connectivity index (χ4v) is 8.11. The molecule has 3 heteroatoms. The van der Waals surface area contributed by atoms with Gasteiger partial charge < -0.3 is 0 Å². The molecule has 8 rings (SSSR count). The summed E-state index contributed by atoms with van der Waals surface area (Å²) in [7, 11) is 0. The van der Waals surface area contributed by atoms with Gasteiger partial charge in [0, 0.05) is 0 Å². The van der Waals surface area contributed by atoms with Gasteiger partial charge in [0.2, 0.25) is 0 Å². The summed E-state index contributed by atoms with van der Waals surface area (Å²) in [4.78, 5) is 2.39. The van der Waals surface area contributed by atoms with Crippen molar-refractivity contribution in [3.8, 4) is 5.69 Å². The van der Waals surface area contributed by atoms with Crippen LogP contribution < -0.4 is 4.90 Å². The quantitative estimate of drug-likeness (QED) is 0.194. The van der Waals surface area contributed by atoms with Gasteiger partial charge in [0.05, 0.1) is 0 Å². The van der Waals surface area contributed by atoms with Crippen LogP contribution in [0.25, 0.3) is 46.8 Å². The standard InChI is InChI=1S/C36H24N2Se/c1-3-11-25(12-4-1)37(27-20-22-36-32(23-27)31-16-8-10-18-35(31)39-36)28-19-21-30-29-15-7-9-17-33(29)38(34(30)24-28)26-13-5-2-6-14-26/h1-24H. The Morgan fingerprint density at radius 2 is 1.03 bits per heavy atom. The Labute approximate surface area is 232 Å². The molecule has 6 aromatic carbocycles. The van der Waals surface area contributed by atoms with Gasteiger partial charge >= 0.3 is 227 Å². The van der Waals surface area contributed by atoms with Crippen molar-refractivity contribution in [2.75, 3.05) is 4.90 Å². The van der Waals surface area contributed by atoms with Crippen LogP contribution >= 0.6 is 0 Å². The molecule has 8 aromatic rings. The van der Waals surface area contributed by atoms with E-state index in [0.717, 1.165) is 11.4 Å². The molecule has 0 unspecified atom stereocenters. The van der Waals surface area contributed by atoms with E-state index in [4.69, 9.17) is 0 Å². The maximum absolute atomic E-state index is 2.39. The number of rotatable bonds is 4. The second kappa shape index (κ2) is 9.03. The first-order chi connectivity index (χ1) is 19.3. The zero-order valence-electron chi connectivity index (χ0n) is 21.2. The Hall–Kier alpha value is -4.56. The third kappa shape index (κ3) is 3.63. The topological polar surface area (TPSA) is 8.17 Å². The molecule has 0 aliphatic carbocycles. The molecule has 0 spiro atoms. The Morgan fingerprint density at radius 3 is 1.87 bits per heavy atom. The van der Waals surface area contributed by atoms with Crippen molar-refractivity contribution >= 4 is 72.7 Å². The molecule has 0 saturated carbocycles. The van der Waals surface area contributed by atoms with Crippen LogP contribution in [0.4, 0.5) is 17.1 Å². The van der Waals surface area contributed by atoms with E-state index in [1.807, 2.05) is 0 Å². The molecule has 2 aromatic heterocycles. The third-order valence-electron chi connectivity index (χ3n) is 7.56. The average molecular weight is 564 g/mol. The predicted octanol–water partition coefficient (Wildman–Crippen LogP) is 9.62. The van der Waals surface area contributed by atoms with Gasteiger partial charge in [-0.05, 0) is 0 Å². The van der Waals surface area contributed by atoms with E-state index >= 15 is 0 Å². The van der Waals surface area contributed by atoms with Crippen molar-refractivity contribution in [1.29, 1.82) is 0 Å². The van der Waals surface area contributed by atoms with Crippen LogP contribution in [0.15, 0.2) is 146 Å². The molecule has 0 aliphatic rings. The van der Waals surface area contributed by atoms with Crippen molar-refractivity contribution in [3.63, 3.8) is 0 Å². The van der Waals surface area contributed by atoms with Crippen molar-refractivity contribution in [2.24, 2.45) is 0 Å². The van der Waals surface area contributed by atoms with Crippen molar-refractivity contribution in [3.05, 3.63) is 146 Å². The molecule has 0 saturated heterocycles. The summed E-state index contributed by atoms with van der Waals surface area (Å²) in [6.07, 6.45) is 0. The van der Waals surface area contributed by atoms with Crippen LogP contribution in [0.2, 0.25) is 0 Å². The maximum atomic E-state index is 2.39. The van der Waals surface area contributed by atoms with Crippen LogP contribution in [0.5, 0.6) is 0 Å². The number of hydrogen-bond donors (Lipinski definition) is 0. The van der Waals surface area contributed by atoms with Gasteiger partial charge in [-0.3, -0.25) is 0 Å². The monoisotopic (exact) mass is 564 g/mol. The molecule has 2 heterocycles. The van der Waals surface area contributed by atoms with Crippen LogP contribution in [-0.2, 0) is 0 Å². The molecule has 2 nitrogen and oxygen atoms in total. The Kier molecular flexibility index (Phi) is 5.19. The summed E-state index contributed by atoms with van der Waals surface area (Å²) in [5.41, 5.74) is 7.06. The van der Waals surface area contributed by atoms with Crippen molar-refractivity contribution in [1.82, 2.24) is 4.57 Å². The Balaban J connectivity index is 1.40. The molecule has 0 aliphatic heterocycles. The van der Waals surface area contributed by atoms with E-state index in [2.05, 4.69) is 155 Å². The Morgan fingerprint density at radius 1 is 0.410 bits per heavy atom. The first-order valence-corrected chi connectivity index (χ1v) is 14.9. The van der Waals surface area contributed by atoms with Crippen LogP contribution in [-0.4, -0.2) is 19.1 Å². The summed E-state index contributed by atoms with van der Waals surface area (Å²) in [5.74, 6) is 0. The second-order valence-electron chi connectivity index (χ2n) is 9.84. The van der Waals surface area contributed by atoms with E-state index in [1.54, 1.807) is 0 Å². The molecule has 0 atom stereocenters. The molecular formula is C36H24N2Se. The normalized spacial score (nSPS) is 11.6. The fourth-order valence-electron chi connectivity index (χ4n) is 5.83. The minimum atomic E-state index is 0.359. The summed E-state index contributed by atoms with van der Waals surface area (Å²) < 4.78 is 5.32. The molecule has 184 valence electrons. The van der Waals surface area contributed by atoms with E-state index in [1.165, 1.54) is 52.5 Å². The zero-order valence-corrected chi connectivity index (χ0v) is 22.9. The number of fused-ring (bicyclic) bond motifs is 6. The molecule has 0 N–H and O–H groups in total. The van der Waals surface area contributed by atoms with Gasteiger partial charge in [-0.15, -0.1) is 0 Å². The number of nitrogens with zero attached hydrogens (tertiary/aromatic N) is 2. The first-order valence-electron chi connectivity index (χ1n) is 13.2. The second-order valence-corrected chi connectivity index (χ2v) is 12.1. The van der Waals surface area contributed by atoms with Crippen LogP contribution in [0.1, 0.15) is 0 Å². The van der Waals surface area contributed by atoms with Crippen molar-refractivity contribution < 1.29 is 0 Å². The third-order valence-corrected chi connectivity index (χ3v) is 9.98. The van der Waals surface area contributed by atoms with Gasteiger partial charge in [0.25, 0.3) is 0 Å². The van der Waals surface area contributed by atoms with E-state index in [-0.39, 0.29) is 0 Å². The average Bonchev–Trinajstić information content (AvgIpc) is 3.53. The summed E-state index contributed by atoms with van der Waals surface area (Å²) in [6.45, 7) is 0. The number of benzene rings is 6. The number of para-hydroxylation sites is 3. The molecule has 0 radical (unpaired) electrons. The summed E-state index contributed by atoms with van der Waals surface area (Å²) in [5, 5.41) is 5.27. The molecule has 0 amide bonds.